The standard InChI is InChI=1S/C17H20F2N2O4/c1-20(14(22)8-11-4-2-6-13(18)16(11)19)10-15(23)21-7-3-5-12(9-21)17(24)25/h2,4,6,12H,3,5,7-10H2,1H3,(H,24,25). The zero-order valence-electron chi connectivity index (χ0n) is 13.9. The lowest BCUT2D eigenvalue weighted by Crippen LogP contribution is -2.47. The molecule has 0 spiro atoms. The number of rotatable bonds is 5. The van der Waals surface area contributed by atoms with Crippen LogP contribution >= 0.6 is 0 Å². The fraction of sp³-hybridized carbons (Fsp3) is 0.471. The molecule has 1 saturated heterocycles. The summed E-state index contributed by atoms with van der Waals surface area (Å²) in [4.78, 5) is 38.0. The summed E-state index contributed by atoms with van der Waals surface area (Å²) in [6.07, 6.45) is 0.757. The Kier molecular flexibility index (Phi) is 6.06. The quantitative estimate of drug-likeness (QED) is 0.864. The molecule has 1 unspecified atom stereocenters. The number of nitrogens with zero attached hydrogens (tertiary/aromatic N) is 2. The maximum absolute atomic E-state index is 13.6. The second-order valence-corrected chi connectivity index (χ2v) is 6.16. The summed E-state index contributed by atoms with van der Waals surface area (Å²) < 4.78 is 26.8. The lowest BCUT2D eigenvalue weighted by Gasteiger charge is -2.32. The summed E-state index contributed by atoms with van der Waals surface area (Å²) in [5.74, 6) is -4.53. The minimum atomic E-state index is -1.07. The number of carbonyl (C=O) groups is 3. The average molecular weight is 354 g/mol. The van der Waals surface area contributed by atoms with Gasteiger partial charge in [0.15, 0.2) is 11.6 Å². The minimum absolute atomic E-state index is 0.0757. The van der Waals surface area contributed by atoms with Crippen LogP contribution in [-0.4, -0.2) is 59.4 Å². The van der Waals surface area contributed by atoms with Crippen LogP contribution in [0.15, 0.2) is 18.2 Å². The van der Waals surface area contributed by atoms with Gasteiger partial charge in [0.25, 0.3) is 0 Å². The first kappa shape index (κ1) is 18.8. The van der Waals surface area contributed by atoms with Crippen molar-refractivity contribution in [3.8, 4) is 0 Å². The van der Waals surface area contributed by atoms with E-state index in [1.54, 1.807) is 0 Å². The minimum Gasteiger partial charge on any atom is -0.481 e. The number of piperidine rings is 1. The van der Waals surface area contributed by atoms with E-state index in [-0.39, 0.29) is 31.0 Å². The van der Waals surface area contributed by atoms with E-state index in [0.29, 0.717) is 19.4 Å². The summed E-state index contributed by atoms with van der Waals surface area (Å²) in [7, 11) is 1.40. The normalized spacial score (nSPS) is 17.2. The Morgan fingerprint density at radius 1 is 1.32 bits per heavy atom. The van der Waals surface area contributed by atoms with Crippen LogP contribution in [-0.2, 0) is 20.8 Å². The van der Waals surface area contributed by atoms with Crippen LogP contribution in [0.25, 0.3) is 0 Å². The predicted molar refractivity (Wildman–Crippen MR) is 84.6 cm³/mol. The van der Waals surface area contributed by atoms with Crippen LogP contribution in [0.3, 0.4) is 0 Å². The fourth-order valence-corrected chi connectivity index (χ4v) is 2.78. The molecule has 1 fully saturated rings. The molecule has 136 valence electrons. The van der Waals surface area contributed by atoms with Gasteiger partial charge in [-0.15, -0.1) is 0 Å². The number of aliphatic carboxylic acids is 1. The molecule has 1 atom stereocenters. The van der Waals surface area contributed by atoms with E-state index < -0.39 is 29.4 Å². The number of carbonyl (C=O) groups excluding carboxylic acids is 2. The molecule has 0 aromatic heterocycles. The third-order valence-electron chi connectivity index (χ3n) is 4.29. The highest BCUT2D eigenvalue weighted by atomic mass is 19.2. The third kappa shape index (κ3) is 4.74. The fourth-order valence-electron chi connectivity index (χ4n) is 2.78. The van der Waals surface area contributed by atoms with Crippen molar-refractivity contribution in [1.82, 2.24) is 9.80 Å². The van der Waals surface area contributed by atoms with Gasteiger partial charge < -0.3 is 14.9 Å². The Hall–Kier alpha value is -2.51. The molecule has 0 aliphatic carbocycles. The highest BCUT2D eigenvalue weighted by Gasteiger charge is 2.29. The zero-order valence-corrected chi connectivity index (χ0v) is 13.9. The first-order valence-corrected chi connectivity index (χ1v) is 7.97. The van der Waals surface area contributed by atoms with Crippen molar-refractivity contribution in [3.63, 3.8) is 0 Å². The van der Waals surface area contributed by atoms with E-state index in [1.807, 2.05) is 0 Å². The van der Waals surface area contributed by atoms with E-state index in [2.05, 4.69) is 0 Å². The predicted octanol–water partition coefficient (Wildman–Crippen LogP) is 1.29. The molecule has 1 aromatic carbocycles. The Labute approximate surface area is 144 Å². The van der Waals surface area contributed by atoms with Crippen LogP contribution in [0, 0.1) is 17.6 Å². The number of hydrogen-bond acceptors (Lipinski definition) is 3. The van der Waals surface area contributed by atoms with Gasteiger partial charge in [-0.3, -0.25) is 14.4 Å². The second-order valence-electron chi connectivity index (χ2n) is 6.16. The molecule has 1 aliphatic heterocycles. The monoisotopic (exact) mass is 354 g/mol. The number of carboxylic acids is 1. The number of likely N-dealkylation sites (N-methyl/N-ethyl adjacent to an activating group) is 1. The highest BCUT2D eigenvalue weighted by Crippen LogP contribution is 2.17. The molecule has 8 heteroatoms. The topological polar surface area (TPSA) is 77.9 Å². The van der Waals surface area contributed by atoms with Gasteiger partial charge in [0, 0.05) is 25.7 Å². The summed E-state index contributed by atoms with van der Waals surface area (Å²) in [5, 5.41) is 9.05. The molecule has 0 saturated carbocycles. The van der Waals surface area contributed by atoms with E-state index in [9.17, 15) is 23.2 Å². The maximum atomic E-state index is 13.6. The van der Waals surface area contributed by atoms with Crippen molar-refractivity contribution in [1.29, 1.82) is 0 Å². The smallest absolute Gasteiger partial charge is 0.308 e. The number of hydrogen-bond donors (Lipinski definition) is 1. The molecule has 1 heterocycles. The number of carboxylic acid groups (broad SMARTS) is 1. The molecule has 1 aromatic rings. The molecule has 0 radical (unpaired) electrons. The molecule has 2 rings (SSSR count). The van der Waals surface area contributed by atoms with Crippen LogP contribution in [0.2, 0.25) is 0 Å². The third-order valence-corrected chi connectivity index (χ3v) is 4.29. The molecule has 2 amide bonds. The second kappa shape index (κ2) is 8.04. The summed E-state index contributed by atoms with van der Waals surface area (Å²) >= 11 is 0. The Morgan fingerprint density at radius 3 is 2.72 bits per heavy atom. The summed E-state index contributed by atoms with van der Waals surface area (Å²) in [6.45, 7) is 0.333. The van der Waals surface area contributed by atoms with Crippen molar-refractivity contribution < 1.29 is 28.3 Å². The van der Waals surface area contributed by atoms with Gasteiger partial charge in [0.05, 0.1) is 18.9 Å². The van der Waals surface area contributed by atoms with E-state index >= 15 is 0 Å². The van der Waals surface area contributed by atoms with Gasteiger partial charge in [-0.25, -0.2) is 8.78 Å². The van der Waals surface area contributed by atoms with Gasteiger partial charge in [-0.05, 0) is 18.9 Å². The molecular formula is C17H20F2N2O4. The van der Waals surface area contributed by atoms with E-state index in [4.69, 9.17) is 5.11 Å². The van der Waals surface area contributed by atoms with Gasteiger partial charge in [0.1, 0.15) is 0 Å². The Balaban J connectivity index is 1.93. The number of amides is 2. The van der Waals surface area contributed by atoms with Gasteiger partial charge in [-0.2, -0.15) is 0 Å². The number of halogens is 2. The molecule has 0 bridgehead atoms. The van der Waals surface area contributed by atoms with E-state index in [1.165, 1.54) is 24.1 Å². The van der Waals surface area contributed by atoms with E-state index in [0.717, 1.165) is 11.0 Å². The first-order chi connectivity index (χ1) is 11.8. The first-order valence-electron chi connectivity index (χ1n) is 7.97. The number of benzene rings is 1. The number of likely N-dealkylation sites (tertiary alicyclic amines) is 1. The molecule has 1 aliphatic rings. The highest BCUT2D eigenvalue weighted by molar-refractivity contribution is 5.86. The van der Waals surface area contributed by atoms with Crippen molar-refractivity contribution in [2.24, 2.45) is 5.92 Å². The zero-order chi connectivity index (χ0) is 18.6. The molecule has 1 N–H and O–H groups in total. The SMILES string of the molecule is CN(CC(=O)N1CCCC(C(=O)O)C1)C(=O)Cc1cccc(F)c1F. The van der Waals surface area contributed by atoms with Crippen LogP contribution < -0.4 is 0 Å². The lowest BCUT2D eigenvalue weighted by molar-refractivity contribution is -0.147. The van der Waals surface area contributed by atoms with Gasteiger partial charge >= 0.3 is 5.97 Å². The lowest BCUT2D eigenvalue weighted by atomic mass is 9.98. The molecule has 25 heavy (non-hydrogen) atoms. The molecular weight excluding hydrogens is 334 g/mol. The van der Waals surface area contributed by atoms with Crippen LogP contribution in [0.4, 0.5) is 8.78 Å². The van der Waals surface area contributed by atoms with Gasteiger partial charge in [0.2, 0.25) is 11.8 Å². The van der Waals surface area contributed by atoms with Crippen LogP contribution in [0.1, 0.15) is 18.4 Å². The largest absolute Gasteiger partial charge is 0.481 e. The van der Waals surface area contributed by atoms with Crippen molar-refractivity contribution in [3.05, 3.63) is 35.4 Å². The van der Waals surface area contributed by atoms with Crippen molar-refractivity contribution in [2.45, 2.75) is 19.3 Å². The van der Waals surface area contributed by atoms with Crippen LogP contribution in [0.5, 0.6) is 0 Å². The van der Waals surface area contributed by atoms with Crippen molar-refractivity contribution in [2.75, 3.05) is 26.7 Å². The summed E-state index contributed by atoms with van der Waals surface area (Å²) in [6, 6.07) is 3.59. The summed E-state index contributed by atoms with van der Waals surface area (Å²) in [5.41, 5.74) is -0.0757. The average Bonchev–Trinajstić information content (AvgIpc) is 2.58. The molecule has 6 nitrogen and oxygen atoms in total. The maximum Gasteiger partial charge on any atom is 0.308 e. The Morgan fingerprint density at radius 2 is 2.04 bits per heavy atom. The van der Waals surface area contributed by atoms with Crippen molar-refractivity contribution >= 4 is 17.8 Å². The Bertz CT molecular complexity index is 681. The van der Waals surface area contributed by atoms with Gasteiger partial charge in [-0.1, -0.05) is 12.1 Å².